The molecule has 88 valence electrons. The molecule has 0 aliphatic rings. The second-order valence-corrected chi connectivity index (χ2v) is 3.73. The van der Waals surface area contributed by atoms with E-state index in [1.807, 2.05) is 0 Å². The Hall–Kier alpha value is -1.95. The number of aryl methyl sites for hydroxylation is 1. The molecule has 1 amide bonds. The number of hydrogen-bond donors (Lipinski definition) is 1. The third kappa shape index (κ3) is 3.01. The first kappa shape index (κ1) is 11.5. The Labute approximate surface area is 102 Å². The molecule has 0 aliphatic carbocycles. The molecule has 0 atom stereocenters. The van der Waals surface area contributed by atoms with Crippen molar-refractivity contribution in [3.05, 3.63) is 40.8 Å². The average molecular weight is 253 g/mol. The largest absolute Gasteiger partial charge is 0.359 e. The Morgan fingerprint density at radius 1 is 1.47 bits per heavy atom. The minimum atomic E-state index is -0.344. The van der Waals surface area contributed by atoms with Crippen LogP contribution < -0.4 is 5.32 Å². The second-order valence-electron chi connectivity index (χ2n) is 3.34. The number of nitrogens with zero attached hydrogens (tertiary/aromatic N) is 3. The highest BCUT2D eigenvalue weighted by atomic mass is 35.5. The summed E-state index contributed by atoms with van der Waals surface area (Å²) < 4.78 is 4.95. The minimum Gasteiger partial charge on any atom is -0.359 e. The van der Waals surface area contributed by atoms with Crippen LogP contribution in [0.5, 0.6) is 0 Å². The van der Waals surface area contributed by atoms with Crippen molar-refractivity contribution in [3.8, 4) is 0 Å². The van der Waals surface area contributed by atoms with Crippen LogP contribution in [-0.4, -0.2) is 21.0 Å². The lowest BCUT2D eigenvalue weighted by Crippen LogP contribution is -2.23. The van der Waals surface area contributed by atoms with E-state index in [1.54, 1.807) is 13.0 Å². The molecule has 0 spiro atoms. The van der Waals surface area contributed by atoms with E-state index in [4.69, 9.17) is 16.1 Å². The van der Waals surface area contributed by atoms with Gasteiger partial charge in [0, 0.05) is 6.07 Å². The van der Waals surface area contributed by atoms with Gasteiger partial charge in [-0.25, -0.2) is 9.97 Å². The van der Waals surface area contributed by atoms with Crippen LogP contribution in [0.2, 0.25) is 5.15 Å². The molecule has 2 aromatic rings. The molecule has 0 aliphatic heterocycles. The van der Waals surface area contributed by atoms with Crippen LogP contribution >= 0.6 is 11.6 Å². The van der Waals surface area contributed by atoms with Gasteiger partial charge in [-0.15, -0.1) is 0 Å². The molecule has 7 heteroatoms. The molecule has 0 saturated heterocycles. The lowest BCUT2D eigenvalue weighted by Gasteiger charge is -2.01. The van der Waals surface area contributed by atoms with Crippen molar-refractivity contribution < 1.29 is 9.32 Å². The van der Waals surface area contributed by atoms with E-state index in [-0.39, 0.29) is 23.3 Å². The number of carbonyl (C=O) groups is 1. The molecular weight excluding hydrogens is 244 g/mol. The van der Waals surface area contributed by atoms with Crippen LogP contribution in [0.3, 0.4) is 0 Å². The monoisotopic (exact) mass is 252 g/mol. The van der Waals surface area contributed by atoms with Crippen molar-refractivity contribution in [1.29, 1.82) is 0 Å². The Morgan fingerprint density at radius 3 is 2.88 bits per heavy atom. The first-order valence-corrected chi connectivity index (χ1v) is 5.21. The smallest absolute Gasteiger partial charge is 0.271 e. The molecule has 0 bridgehead atoms. The van der Waals surface area contributed by atoms with Crippen LogP contribution in [0.15, 0.2) is 23.0 Å². The predicted octanol–water partition coefficient (Wildman–Crippen LogP) is 1.36. The van der Waals surface area contributed by atoms with Gasteiger partial charge in [0.05, 0.1) is 24.6 Å². The second kappa shape index (κ2) is 4.92. The van der Waals surface area contributed by atoms with Crippen LogP contribution in [0.25, 0.3) is 0 Å². The van der Waals surface area contributed by atoms with Crippen LogP contribution in [0, 0.1) is 6.92 Å². The Bertz CT molecular complexity index is 523. The quantitative estimate of drug-likeness (QED) is 0.892. The van der Waals surface area contributed by atoms with E-state index < -0.39 is 0 Å². The third-order valence-electron chi connectivity index (χ3n) is 1.95. The molecule has 17 heavy (non-hydrogen) atoms. The number of hydrogen-bond acceptors (Lipinski definition) is 5. The summed E-state index contributed by atoms with van der Waals surface area (Å²) >= 11 is 5.56. The summed E-state index contributed by atoms with van der Waals surface area (Å²) in [5, 5.41) is 6.58. The molecule has 6 nitrogen and oxygen atoms in total. The summed E-state index contributed by atoms with van der Waals surface area (Å²) in [4.78, 5) is 19.2. The number of aromatic nitrogens is 3. The van der Waals surface area contributed by atoms with Crippen LogP contribution in [-0.2, 0) is 6.54 Å². The lowest BCUT2D eigenvalue weighted by atomic mass is 10.3. The summed E-state index contributed by atoms with van der Waals surface area (Å²) in [6.45, 7) is 2.06. The molecule has 2 rings (SSSR count). The van der Waals surface area contributed by atoms with E-state index in [2.05, 4.69) is 20.4 Å². The number of carbonyl (C=O) groups excluding carboxylic acids is 1. The zero-order valence-electron chi connectivity index (χ0n) is 8.98. The number of amides is 1. The van der Waals surface area contributed by atoms with Crippen molar-refractivity contribution in [1.82, 2.24) is 20.4 Å². The van der Waals surface area contributed by atoms with Gasteiger partial charge < -0.3 is 9.84 Å². The summed E-state index contributed by atoms with van der Waals surface area (Å²) in [5.41, 5.74) is 0.964. The first-order chi connectivity index (χ1) is 8.15. The maximum Gasteiger partial charge on any atom is 0.271 e. The van der Waals surface area contributed by atoms with E-state index in [9.17, 15) is 4.79 Å². The molecule has 2 aromatic heterocycles. The van der Waals surface area contributed by atoms with Gasteiger partial charge in [0.25, 0.3) is 5.91 Å². The maximum absolute atomic E-state index is 11.6. The minimum absolute atomic E-state index is 0.200. The Balaban J connectivity index is 1.95. The molecule has 0 radical (unpaired) electrons. The standard InChI is InChI=1S/C10H9ClN4O2/c1-6-2-7(17-15-6)3-14-10(16)8-4-13-9(11)5-12-8/h2,4-5H,3H2,1H3,(H,14,16). The predicted molar refractivity (Wildman–Crippen MR) is 59.5 cm³/mol. The summed E-state index contributed by atoms with van der Waals surface area (Å²) in [7, 11) is 0. The Kier molecular flexibility index (Phi) is 3.34. The van der Waals surface area contributed by atoms with Gasteiger partial charge in [0.1, 0.15) is 10.8 Å². The van der Waals surface area contributed by atoms with Crippen molar-refractivity contribution in [3.63, 3.8) is 0 Å². The van der Waals surface area contributed by atoms with Gasteiger partial charge in [-0.2, -0.15) is 0 Å². The van der Waals surface area contributed by atoms with Crippen LogP contribution in [0.4, 0.5) is 0 Å². The maximum atomic E-state index is 11.6. The van der Waals surface area contributed by atoms with E-state index in [1.165, 1.54) is 12.4 Å². The van der Waals surface area contributed by atoms with Gasteiger partial charge >= 0.3 is 0 Å². The summed E-state index contributed by atoms with van der Waals surface area (Å²) in [6.07, 6.45) is 2.62. The SMILES string of the molecule is Cc1cc(CNC(=O)c2cnc(Cl)cn2)on1. The molecule has 2 heterocycles. The fourth-order valence-electron chi connectivity index (χ4n) is 1.19. The van der Waals surface area contributed by atoms with Crippen LogP contribution in [0.1, 0.15) is 21.9 Å². The van der Waals surface area contributed by atoms with Gasteiger partial charge in [-0.3, -0.25) is 4.79 Å². The fourth-order valence-corrected chi connectivity index (χ4v) is 1.28. The van der Waals surface area contributed by atoms with Crippen molar-refractivity contribution in [2.45, 2.75) is 13.5 Å². The molecule has 0 saturated carbocycles. The molecule has 0 fully saturated rings. The van der Waals surface area contributed by atoms with Gasteiger partial charge in [-0.1, -0.05) is 16.8 Å². The van der Waals surface area contributed by atoms with E-state index in [0.29, 0.717) is 5.76 Å². The normalized spacial score (nSPS) is 10.2. The topological polar surface area (TPSA) is 80.9 Å². The first-order valence-electron chi connectivity index (χ1n) is 4.83. The van der Waals surface area contributed by atoms with Crippen molar-refractivity contribution in [2.24, 2.45) is 0 Å². The van der Waals surface area contributed by atoms with Crippen molar-refractivity contribution >= 4 is 17.5 Å². The number of nitrogens with one attached hydrogen (secondary N) is 1. The zero-order chi connectivity index (χ0) is 12.3. The zero-order valence-corrected chi connectivity index (χ0v) is 9.73. The van der Waals surface area contributed by atoms with Gasteiger partial charge in [0.2, 0.25) is 0 Å². The molecular formula is C10H9ClN4O2. The average Bonchev–Trinajstić information content (AvgIpc) is 2.73. The fraction of sp³-hybridized carbons (Fsp3) is 0.200. The highest BCUT2D eigenvalue weighted by Crippen LogP contribution is 2.03. The van der Waals surface area contributed by atoms with Gasteiger partial charge in [-0.05, 0) is 6.92 Å². The van der Waals surface area contributed by atoms with Gasteiger partial charge in [0.15, 0.2) is 5.76 Å². The lowest BCUT2D eigenvalue weighted by molar-refractivity contribution is 0.0941. The van der Waals surface area contributed by atoms with E-state index in [0.717, 1.165) is 5.69 Å². The third-order valence-corrected chi connectivity index (χ3v) is 2.15. The van der Waals surface area contributed by atoms with E-state index >= 15 is 0 Å². The molecule has 0 unspecified atom stereocenters. The number of rotatable bonds is 3. The number of halogens is 1. The molecule has 1 N–H and O–H groups in total. The summed E-state index contributed by atoms with van der Waals surface area (Å²) in [6, 6.07) is 1.74. The Morgan fingerprint density at radius 2 is 2.29 bits per heavy atom. The summed E-state index contributed by atoms with van der Waals surface area (Å²) in [5.74, 6) is 0.237. The van der Waals surface area contributed by atoms with Crippen molar-refractivity contribution in [2.75, 3.05) is 0 Å². The highest BCUT2D eigenvalue weighted by Gasteiger charge is 2.08. The highest BCUT2D eigenvalue weighted by molar-refractivity contribution is 6.29. The molecule has 0 aromatic carbocycles.